The van der Waals surface area contributed by atoms with Crippen LogP contribution < -0.4 is 9.04 Å². The first-order valence-electron chi connectivity index (χ1n) is 6.93. The fourth-order valence-electron chi connectivity index (χ4n) is 2.57. The molecule has 0 saturated carbocycles. The molecule has 23 heavy (non-hydrogen) atoms. The SMILES string of the molecule is COc1ccc(S(=O)(=O)N2CCC(=O)c3ccccc32)cc1Cl. The molecule has 0 fully saturated rings. The highest BCUT2D eigenvalue weighted by molar-refractivity contribution is 7.92. The van der Waals surface area contributed by atoms with Gasteiger partial charge in [0.15, 0.2) is 5.78 Å². The third-order valence-corrected chi connectivity index (χ3v) is 5.83. The lowest BCUT2D eigenvalue weighted by Gasteiger charge is -2.29. The van der Waals surface area contributed by atoms with E-state index < -0.39 is 10.0 Å². The van der Waals surface area contributed by atoms with Gasteiger partial charge in [-0.3, -0.25) is 9.10 Å². The molecule has 0 radical (unpaired) electrons. The summed E-state index contributed by atoms with van der Waals surface area (Å²) in [5.41, 5.74) is 0.817. The van der Waals surface area contributed by atoms with Crippen LogP contribution in [-0.4, -0.2) is 27.9 Å². The van der Waals surface area contributed by atoms with E-state index in [0.29, 0.717) is 17.0 Å². The van der Waals surface area contributed by atoms with Crippen LogP contribution in [-0.2, 0) is 10.0 Å². The van der Waals surface area contributed by atoms with Crippen LogP contribution in [0.15, 0.2) is 47.4 Å². The number of methoxy groups -OCH3 is 1. The van der Waals surface area contributed by atoms with Gasteiger partial charge >= 0.3 is 0 Å². The summed E-state index contributed by atoms with van der Waals surface area (Å²) in [4.78, 5) is 12.0. The zero-order valence-electron chi connectivity index (χ0n) is 12.3. The molecule has 3 rings (SSSR count). The Morgan fingerprint density at radius 2 is 1.91 bits per heavy atom. The quantitative estimate of drug-likeness (QED) is 0.852. The van der Waals surface area contributed by atoms with Gasteiger partial charge in [0, 0.05) is 18.5 Å². The van der Waals surface area contributed by atoms with Crippen LogP contribution in [0.3, 0.4) is 0 Å². The summed E-state index contributed by atoms with van der Waals surface area (Å²) in [6.45, 7) is 0.113. The standard InChI is InChI=1S/C16H14ClNO4S/c1-22-16-7-6-11(10-13(16)17)23(20,21)18-9-8-15(19)12-4-2-3-5-14(12)18/h2-7,10H,8-9H2,1H3. The van der Waals surface area contributed by atoms with Crippen LogP contribution in [0.1, 0.15) is 16.8 Å². The number of anilines is 1. The number of hydrogen-bond acceptors (Lipinski definition) is 4. The summed E-state index contributed by atoms with van der Waals surface area (Å²) in [6, 6.07) is 11.0. The highest BCUT2D eigenvalue weighted by atomic mass is 35.5. The van der Waals surface area contributed by atoms with Gasteiger partial charge in [-0.15, -0.1) is 0 Å². The average Bonchev–Trinajstić information content (AvgIpc) is 2.55. The summed E-state index contributed by atoms with van der Waals surface area (Å²) in [7, 11) is -2.35. The molecule has 1 aliphatic rings. The van der Waals surface area contributed by atoms with Crippen LogP contribution >= 0.6 is 11.6 Å². The van der Waals surface area contributed by atoms with Gasteiger partial charge in [0.1, 0.15) is 5.75 Å². The van der Waals surface area contributed by atoms with Gasteiger partial charge in [-0.2, -0.15) is 0 Å². The van der Waals surface area contributed by atoms with Crippen molar-refractivity contribution >= 4 is 33.1 Å². The Labute approximate surface area is 139 Å². The van der Waals surface area contributed by atoms with Crippen molar-refractivity contribution in [3.05, 3.63) is 53.1 Å². The molecule has 0 N–H and O–H groups in total. The molecule has 0 spiro atoms. The van der Waals surface area contributed by atoms with E-state index >= 15 is 0 Å². The maximum absolute atomic E-state index is 12.9. The van der Waals surface area contributed by atoms with Crippen LogP contribution in [0, 0.1) is 0 Å². The molecular weight excluding hydrogens is 338 g/mol. The van der Waals surface area contributed by atoms with E-state index in [-0.39, 0.29) is 28.7 Å². The second-order valence-corrected chi connectivity index (χ2v) is 7.33. The van der Waals surface area contributed by atoms with Gasteiger partial charge in [-0.1, -0.05) is 23.7 Å². The molecule has 0 bridgehead atoms. The van der Waals surface area contributed by atoms with E-state index in [1.54, 1.807) is 24.3 Å². The van der Waals surface area contributed by atoms with Gasteiger partial charge < -0.3 is 4.74 Å². The summed E-state index contributed by atoms with van der Waals surface area (Å²) in [6.07, 6.45) is 0.153. The number of para-hydroxylation sites is 1. The number of Topliss-reactive ketones (excluding diaryl/α,β-unsaturated/α-hetero) is 1. The number of nitrogens with zero attached hydrogens (tertiary/aromatic N) is 1. The van der Waals surface area contributed by atoms with Gasteiger partial charge in [0.05, 0.1) is 22.7 Å². The largest absolute Gasteiger partial charge is 0.495 e. The van der Waals surface area contributed by atoms with Crippen molar-refractivity contribution in [2.75, 3.05) is 18.0 Å². The molecule has 0 atom stereocenters. The monoisotopic (exact) mass is 351 g/mol. The number of carbonyl (C=O) groups excluding carboxylic acids is 1. The Balaban J connectivity index is 2.09. The van der Waals surface area contributed by atoms with Crippen LogP contribution in [0.5, 0.6) is 5.75 Å². The van der Waals surface area contributed by atoms with Crippen molar-refractivity contribution in [1.29, 1.82) is 0 Å². The Morgan fingerprint density at radius 1 is 1.17 bits per heavy atom. The minimum atomic E-state index is -3.81. The number of sulfonamides is 1. The predicted octanol–water partition coefficient (Wildman–Crippen LogP) is 3.13. The summed E-state index contributed by atoms with van der Waals surface area (Å²) in [5.74, 6) is 0.347. The van der Waals surface area contributed by atoms with Crippen molar-refractivity contribution < 1.29 is 17.9 Å². The highest BCUT2D eigenvalue weighted by Gasteiger charge is 2.32. The minimum Gasteiger partial charge on any atom is -0.495 e. The Bertz CT molecular complexity index is 879. The van der Waals surface area contributed by atoms with Crippen molar-refractivity contribution in [3.8, 4) is 5.75 Å². The molecule has 0 aliphatic carbocycles. The lowest BCUT2D eigenvalue weighted by molar-refractivity contribution is 0.0982. The molecule has 5 nitrogen and oxygen atoms in total. The fourth-order valence-corrected chi connectivity index (χ4v) is 4.40. The highest BCUT2D eigenvalue weighted by Crippen LogP contribution is 2.34. The van der Waals surface area contributed by atoms with Crippen LogP contribution in [0.2, 0.25) is 5.02 Å². The third-order valence-electron chi connectivity index (χ3n) is 3.73. The zero-order valence-corrected chi connectivity index (χ0v) is 13.9. The molecular formula is C16H14ClNO4S. The molecule has 2 aromatic rings. The lowest BCUT2D eigenvalue weighted by atomic mass is 10.0. The topological polar surface area (TPSA) is 63.7 Å². The van der Waals surface area contributed by atoms with Crippen molar-refractivity contribution in [2.45, 2.75) is 11.3 Å². The molecule has 0 saturated heterocycles. The fraction of sp³-hybridized carbons (Fsp3) is 0.188. The number of ether oxygens (including phenoxy) is 1. The number of halogens is 1. The van der Waals surface area contributed by atoms with E-state index in [9.17, 15) is 13.2 Å². The number of hydrogen-bond donors (Lipinski definition) is 0. The summed E-state index contributed by atoms with van der Waals surface area (Å²) >= 11 is 6.04. The van der Waals surface area contributed by atoms with E-state index in [4.69, 9.17) is 16.3 Å². The Hall–Kier alpha value is -2.05. The van der Waals surface area contributed by atoms with Crippen LogP contribution in [0.4, 0.5) is 5.69 Å². The first-order chi connectivity index (χ1) is 10.9. The number of carbonyl (C=O) groups is 1. The second kappa shape index (κ2) is 5.86. The molecule has 2 aromatic carbocycles. The van der Waals surface area contributed by atoms with E-state index in [0.717, 1.165) is 0 Å². The van der Waals surface area contributed by atoms with Crippen molar-refractivity contribution in [2.24, 2.45) is 0 Å². The maximum Gasteiger partial charge on any atom is 0.264 e. The zero-order chi connectivity index (χ0) is 16.6. The summed E-state index contributed by atoms with van der Waals surface area (Å²) < 4.78 is 32.1. The van der Waals surface area contributed by atoms with E-state index in [1.807, 2.05) is 0 Å². The molecule has 7 heteroatoms. The molecule has 1 heterocycles. The molecule has 0 unspecified atom stereocenters. The Kier molecular flexibility index (Phi) is 4.04. The summed E-state index contributed by atoms with van der Waals surface area (Å²) in [5, 5.41) is 0.218. The first kappa shape index (κ1) is 15.8. The average molecular weight is 352 g/mol. The number of rotatable bonds is 3. The molecule has 120 valence electrons. The van der Waals surface area contributed by atoms with Crippen molar-refractivity contribution in [1.82, 2.24) is 0 Å². The number of fused-ring (bicyclic) bond motifs is 1. The van der Waals surface area contributed by atoms with E-state index in [1.165, 1.54) is 29.6 Å². The minimum absolute atomic E-state index is 0.0557. The van der Waals surface area contributed by atoms with Gasteiger partial charge in [-0.25, -0.2) is 8.42 Å². The lowest BCUT2D eigenvalue weighted by Crippen LogP contribution is -2.37. The predicted molar refractivity (Wildman–Crippen MR) is 87.9 cm³/mol. The first-order valence-corrected chi connectivity index (χ1v) is 8.75. The van der Waals surface area contributed by atoms with Crippen molar-refractivity contribution in [3.63, 3.8) is 0 Å². The van der Waals surface area contributed by atoms with Gasteiger partial charge in [0.25, 0.3) is 10.0 Å². The smallest absolute Gasteiger partial charge is 0.264 e. The number of benzene rings is 2. The van der Waals surface area contributed by atoms with Gasteiger partial charge in [0.2, 0.25) is 0 Å². The molecule has 1 aliphatic heterocycles. The maximum atomic E-state index is 12.9. The molecule has 0 amide bonds. The van der Waals surface area contributed by atoms with E-state index in [2.05, 4.69) is 0 Å². The second-order valence-electron chi connectivity index (χ2n) is 5.06. The van der Waals surface area contributed by atoms with Crippen LogP contribution in [0.25, 0.3) is 0 Å². The molecule has 0 aromatic heterocycles. The normalized spacial score (nSPS) is 14.5. The van der Waals surface area contributed by atoms with Gasteiger partial charge in [-0.05, 0) is 30.3 Å². The third kappa shape index (κ3) is 2.68. The Morgan fingerprint density at radius 3 is 2.61 bits per heavy atom. The number of ketones is 1.